The zero-order valence-corrected chi connectivity index (χ0v) is 20.2. The van der Waals surface area contributed by atoms with Crippen LogP contribution in [0.5, 0.6) is 0 Å². The topological polar surface area (TPSA) is 70.5 Å². The standard InChI is InChI=1S/C27H32N2O3S/c1-3-15-29(16-5-7-20(4-2)25(31)8-6-17-30)27(32)22-11-9-21(10-12-22)23-13-14-26-24(18-23)28-19-33-26/h7,9-14,18-19,30H,3-6,8,15-17H2,1-2H3/b20-7-. The molecule has 6 heteroatoms. The fourth-order valence-corrected chi connectivity index (χ4v) is 4.52. The van der Waals surface area contributed by atoms with E-state index >= 15 is 0 Å². The summed E-state index contributed by atoms with van der Waals surface area (Å²) in [5, 5.41) is 8.94. The second-order valence-electron chi connectivity index (χ2n) is 8.03. The molecule has 1 N–H and O–H groups in total. The highest BCUT2D eigenvalue weighted by atomic mass is 32.1. The number of aromatic nitrogens is 1. The van der Waals surface area contributed by atoms with Crippen LogP contribution in [0.4, 0.5) is 0 Å². The normalized spacial score (nSPS) is 11.7. The van der Waals surface area contributed by atoms with Gasteiger partial charge >= 0.3 is 0 Å². The number of rotatable bonds is 12. The van der Waals surface area contributed by atoms with Crippen LogP contribution < -0.4 is 0 Å². The van der Waals surface area contributed by atoms with Crippen LogP contribution in [-0.2, 0) is 4.79 Å². The van der Waals surface area contributed by atoms with E-state index in [0.29, 0.717) is 44.3 Å². The van der Waals surface area contributed by atoms with Crippen molar-refractivity contribution >= 4 is 33.2 Å². The Morgan fingerprint density at radius 1 is 1.06 bits per heavy atom. The van der Waals surface area contributed by atoms with Gasteiger partial charge in [0.2, 0.25) is 0 Å². The second kappa shape index (κ2) is 12.4. The molecule has 0 saturated carbocycles. The first kappa shape index (κ1) is 24.8. The average molecular weight is 465 g/mol. The molecule has 0 bridgehead atoms. The number of carbonyl (C=O) groups excluding carboxylic acids is 2. The maximum absolute atomic E-state index is 13.1. The fraction of sp³-hybridized carbons (Fsp3) is 0.370. The highest BCUT2D eigenvalue weighted by Crippen LogP contribution is 2.26. The van der Waals surface area contributed by atoms with Crippen molar-refractivity contribution < 1.29 is 14.7 Å². The minimum absolute atomic E-state index is 0.0106. The Bertz CT molecular complexity index is 1100. The van der Waals surface area contributed by atoms with Crippen LogP contribution >= 0.6 is 11.3 Å². The molecule has 0 unspecified atom stereocenters. The SMILES string of the molecule is CCCN(CC/C=C(/CC)C(=O)CCCO)C(=O)c1ccc(-c2ccc3scnc3c2)cc1. The molecule has 0 atom stereocenters. The van der Waals surface area contributed by atoms with Crippen molar-refractivity contribution in [1.82, 2.24) is 9.88 Å². The highest BCUT2D eigenvalue weighted by molar-refractivity contribution is 7.16. The summed E-state index contributed by atoms with van der Waals surface area (Å²) in [6.07, 6.45) is 5.00. The number of aliphatic hydroxyl groups excluding tert-OH is 1. The third kappa shape index (κ3) is 6.59. The molecule has 0 aliphatic rings. The first-order valence-corrected chi connectivity index (χ1v) is 12.5. The Hall–Kier alpha value is -2.83. The molecule has 0 radical (unpaired) electrons. The van der Waals surface area contributed by atoms with E-state index in [0.717, 1.165) is 33.3 Å². The largest absolute Gasteiger partial charge is 0.396 e. The molecule has 2 aromatic carbocycles. The molecule has 33 heavy (non-hydrogen) atoms. The molecule has 3 rings (SSSR count). The van der Waals surface area contributed by atoms with Crippen molar-refractivity contribution in [2.75, 3.05) is 19.7 Å². The maximum Gasteiger partial charge on any atom is 0.253 e. The molecule has 0 aliphatic heterocycles. The van der Waals surface area contributed by atoms with E-state index in [2.05, 4.69) is 30.1 Å². The zero-order chi connectivity index (χ0) is 23.6. The van der Waals surface area contributed by atoms with E-state index in [1.54, 1.807) is 11.3 Å². The zero-order valence-electron chi connectivity index (χ0n) is 19.4. The van der Waals surface area contributed by atoms with Crippen molar-refractivity contribution in [2.45, 2.75) is 46.0 Å². The molecule has 1 amide bonds. The summed E-state index contributed by atoms with van der Waals surface area (Å²) in [5.74, 6) is 0.0998. The summed E-state index contributed by atoms with van der Waals surface area (Å²) in [7, 11) is 0. The van der Waals surface area contributed by atoms with Gasteiger partial charge in [0.05, 0.1) is 15.7 Å². The smallest absolute Gasteiger partial charge is 0.253 e. The van der Waals surface area contributed by atoms with Gasteiger partial charge in [0.25, 0.3) is 5.91 Å². The van der Waals surface area contributed by atoms with Crippen molar-refractivity contribution in [3.05, 3.63) is 65.2 Å². The van der Waals surface area contributed by atoms with Gasteiger partial charge in [-0.1, -0.05) is 38.1 Å². The lowest BCUT2D eigenvalue weighted by molar-refractivity contribution is -0.115. The van der Waals surface area contributed by atoms with Gasteiger partial charge in [-0.15, -0.1) is 11.3 Å². The predicted molar refractivity (Wildman–Crippen MR) is 136 cm³/mol. The van der Waals surface area contributed by atoms with E-state index in [1.807, 2.05) is 47.7 Å². The summed E-state index contributed by atoms with van der Waals surface area (Å²) >= 11 is 1.63. The van der Waals surface area contributed by atoms with Crippen LogP contribution in [-0.4, -0.2) is 46.4 Å². The third-order valence-corrected chi connectivity index (χ3v) is 6.48. The highest BCUT2D eigenvalue weighted by Gasteiger charge is 2.15. The molecular weight excluding hydrogens is 432 g/mol. The molecule has 0 spiro atoms. The van der Waals surface area contributed by atoms with Gasteiger partial charge in [-0.3, -0.25) is 9.59 Å². The van der Waals surface area contributed by atoms with Gasteiger partial charge in [0.1, 0.15) is 0 Å². The minimum atomic E-state index is 0.0106. The van der Waals surface area contributed by atoms with E-state index in [4.69, 9.17) is 5.11 Å². The third-order valence-electron chi connectivity index (χ3n) is 5.67. The van der Waals surface area contributed by atoms with E-state index in [-0.39, 0.29) is 18.3 Å². The lowest BCUT2D eigenvalue weighted by atomic mass is 10.0. The summed E-state index contributed by atoms with van der Waals surface area (Å²) < 4.78 is 1.16. The summed E-state index contributed by atoms with van der Waals surface area (Å²) in [6.45, 7) is 5.30. The van der Waals surface area contributed by atoms with Gasteiger partial charge in [-0.05, 0) is 66.6 Å². The van der Waals surface area contributed by atoms with Crippen LogP contribution in [0.25, 0.3) is 21.3 Å². The Labute approximate surface area is 199 Å². The van der Waals surface area contributed by atoms with Gasteiger partial charge in [0.15, 0.2) is 5.78 Å². The first-order chi connectivity index (χ1) is 16.1. The number of aliphatic hydroxyl groups is 1. The molecule has 5 nitrogen and oxygen atoms in total. The number of nitrogens with zero attached hydrogens (tertiary/aromatic N) is 2. The summed E-state index contributed by atoms with van der Waals surface area (Å²) in [4.78, 5) is 31.6. The number of fused-ring (bicyclic) bond motifs is 1. The molecule has 0 aliphatic carbocycles. The molecular formula is C27H32N2O3S. The van der Waals surface area contributed by atoms with Crippen LogP contribution in [0.2, 0.25) is 0 Å². The van der Waals surface area contributed by atoms with E-state index in [1.165, 1.54) is 0 Å². The van der Waals surface area contributed by atoms with Crippen LogP contribution in [0.3, 0.4) is 0 Å². The van der Waals surface area contributed by atoms with Crippen LogP contribution in [0.15, 0.2) is 59.6 Å². The number of ketones is 1. The lowest BCUT2D eigenvalue weighted by Crippen LogP contribution is -2.32. The molecule has 1 heterocycles. The molecule has 174 valence electrons. The number of benzene rings is 2. The first-order valence-electron chi connectivity index (χ1n) is 11.6. The van der Waals surface area contributed by atoms with Crippen molar-refractivity contribution in [3.8, 4) is 11.1 Å². The van der Waals surface area contributed by atoms with E-state index in [9.17, 15) is 9.59 Å². The molecule has 0 fully saturated rings. The Balaban J connectivity index is 1.67. The van der Waals surface area contributed by atoms with Crippen molar-refractivity contribution in [1.29, 1.82) is 0 Å². The van der Waals surface area contributed by atoms with Crippen LogP contribution in [0, 0.1) is 0 Å². The number of thiazole rings is 1. The summed E-state index contributed by atoms with van der Waals surface area (Å²) in [5.41, 5.74) is 6.43. The van der Waals surface area contributed by atoms with Gasteiger partial charge in [-0.2, -0.15) is 0 Å². The average Bonchev–Trinajstić information content (AvgIpc) is 3.32. The number of hydrogen-bond acceptors (Lipinski definition) is 5. The fourth-order valence-electron chi connectivity index (χ4n) is 3.86. The number of hydrogen-bond donors (Lipinski definition) is 1. The molecule has 3 aromatic rings. The number of allylic oxidation sites excluding steroid dienone is 1. The number of Topliss-reactive ketones (excluding diaryl/α,β-unsaturated/α-hetero) is 1. The minimum Gasteiger partial charge on any atom is -0.396 e. The predicted octanol–water partition coefficient (Wildman–Crippen LogP) is 5.88. The quantitative estimate of drug-likeness (QED) is 0.340. The van der Waals surface area contributed by atoms with E-state index < -0.39 is 0 Å². The molecule has 1 aromatic heterocycles. The summed E-state index contributed by atoms with van der Waals surface area (Å²) in [6, 6.07) is 14.0. The van der Waals surface area contributed by atoms with Gasteiger partial charge in [0, 0.05) is 31.7 Å². The maximum atomic E-state index is 13.1. The monoisotopic (exact) mass is 464 g/mol. The van der Waals surface area contributed by atoms with Gasteiger partial charge in [-0.25, -0.2) is 4.98 Å². The number of amides is 1. The van der Waals surface area contributed by atoms with Crippen LogP contribution in [0.1, 0.15) is 56.3 Å². The van der Waals surface area contributed by atoms with Crippen molar-refractivity contribution in [2.24, 2.45) is 0 Å². The Kier molecular flexibility index (Phi) is 9.34. The molecule has 0 saturated heterocycles. The van der Waals surface area contributed by atoms with Crippen molar-refractivity contribution in [3.63, 3.8) is 0 Å². The Morgan fingerprint density at radius 2 is 1.82 bits per heavy atom. The lowest BCUT2D eigenvalue weighted by Gasteiger charge is -2.22. The number of carbonyl (C=O) groups is 2. The second-order valence-corrected chi connectivity index (χ2v) is 8.91. The Morgan fingerprint density at radius 3 is 2.52 bits per heavy atom. The van der Waals surface area contributed by atoms with Gasteiger partial charge < -0.3 is 10.0 Å².